The molecule has 1 heterocycles. The summed E-state index contributed by atoms with van der Waals surface area (Å²) in [6.07, 6.45) is 0.0922. The molecule has 150 valence electrons. The van der Waals surface area contributed by atoms with Crippen molar-refractivity contribution in [1.29, 1.82) is 0 Å². The average molecular weight is 414 g/mol. The Hall–Kier alpha value is -3.26. The van der Waals surface area contributed by atoms with Gasteiger partial charge < -0.3 is 14.8 Å². The molecule has 0 unspecified atom stereocenters. The molecule has 8 heteroatoms. The van der Waals surface area contributed by atoms with Crippen LogP contribution in [0.2, 0.25) is 0 Å². The zero-order valence-electron chi connectivity index (χ0n) is 15.9. The second kappa shape index (κ2) is 9.29. The number of nitrogens with one attached hydrogen (secondary N) is 1. The predicted molar refractivity (Wildman–Crippen MR) is 108 cm³/mol. The molecule has 0 atom stereocenters. The molecule has 0 aliphatic heterocycles. The third kappa shape index (κ3) is 5.39. The molecule has 0 aliphatic rings. The maximum absolute atomic E-state index is 12.9. The Morgan fingerprint density at radius 2 is 1.93 bits per heavy atom. The van der Waals surface area contributed by atoms with Crippen LogP contribution in [0.5, 0.6) is 5.75 Å². The number of hydrogen-bond acceptors (Lipinski definition) is 6. The molecular weight excluding hydrogens is 395 g/mol. The van der Waals surface area contributed by atoms with Crippen molar-refractivity contribution in [2.75, 3.05) is 12.4 Å². The van der Waals surface area contributed by atoms with E-state index in [-0.39, 0.29) is 24.8 Å². The van der Waals surface area contributed by atoms with E-state index in [1.165, 1.54) is 30.6 Å². The lowest BCUT2D eigenvalue weighted by Gasteiger charge is -2.11. The van der Waals surface area contributed by atoms with E-state index in [4.69, 9.17) is 9.47 Å². The number of rotatable bonds is 7. The molecule has 29 heavy (non-hydrogen) atoms. The van der Waals surface area contributed by atoms with E-state index in [1.807, 2.05) is 0 Å². The van der Waals surface area contributed by atoms with Gasteiger partial charge in [0, 0.05) is 11.1 Å². The summed E-state index contributed by atoms with van der Waals surface area (Å²) in [5.41, 5.74) is 2.21. The highest BCUT2D eigenvalue weighted by Crippen LogP contribution is 2.21. The van der Waals surface area contributed by atoms with Crippen molar-refractivity contribution in [3.8, 4) is 5.75 Å². The second-order valence-corrected chi connectivity index (χ2v) is 7.11. The first-order valence-corrected chi connectivity index (χ1v) is 9.63. The lowest BCUT2D eigenvalue weighted by molar-refractivity contribution is -0.115. The number of halogens is 1. The lowest BCUT2D eigenvalue weighted by Crippen LogP contribution is -2.16. The van der Waals surface area contributed by atoms with E-state index >= 15 is 0 Å². The van der Waals surface area contributed by atoms with E-state index in [2.05, 4.69) is 10.3 Å². The number of nitrogens with zero attached hydrogens (tertiary/aromatic N) is 1. The van der Waals surface area contributed by atoms with Gasteiger partial charge in [-0.25, -0.2) is 14.2 Å². The first kappa shape index (κ1) is 20.5. The molecule has 1 N–H and O–H groups in total. The first-order valence-electron chi connectivity index (χ1n) is 8.75. The van der Waals surface area contributed by atoms with Gasteiger partial charge in [0.15, 0.2) is 0 Å². The van der Waals surface area contributed by atoms with Gasteiger partial charge in [-0.15, -0.1) is 11.3 Å². The van der Waals surface area contributed by atoms with Gasteiger partial charge >= 0.3 is 5.97 Å². The summed E-state index contributed by atoms with van der Waals surface area (Å²) in [6.45, 7) is 1.98. The zero-order chi connectivity index (χ0) is 20.8. The number of esters is 1. The molecule has 1 aromatic heterocycles. The van der Waals surface area contributed by atoms with Crippen LogP contribution in [0.4, 0.5) is 10.1 Å². The van der Waals surface area contributed by atoms with Gasteiger partial charge in [0.05, 0.1) is 24.8 Å². The fraction of sp³-hybridized carbons (Fsp3) is 0.190. The molecule has 0 saturated carbocycles. The maximum atomic E-state index is 12.9. The molecule has 6 nitrogen and oxygen atoms in total. The lowest BCUT2D eigenvalue weighted by atomic mass is 10.1. The number of thiazole rings is 1. The van der Waals surface area contributed by atoms with E-state index in [0.717, 1.165) is 0 Å². The number of anilines is 1. The van der Waals surface area contributed by atoms with E-state index < -0.39 is 5.97 Å². The number of amides is 1. The Morgan fingerprint density at radius 3 is 2.66 bits per heavy atom. The summed E-state index contributed by atoms with van der Waals surface area (Å²) < 4.78 is 23.2. The summed E-state index contributed by atoms with van der Waals surface area (Å²) in [7, 11) is 1.31. The number of carbonyl (C=O) groups excluding carboxylic acids is 2. The van der Waals surface area contributed by atoms with Crippen LogP contribution in [-0.2, 0) is 22.6 Å². The molecule has 3 rings (SSSR count). The second-order valence-electron chi connectivity index (χ2n) is 6.17. The average Bonchev–Trinajstić information content (AvgIpc) is 3.15. The van der Waals surface area contributed by atoms with Crippen molar-refractivity contribution in [2.45, 2.75) is 20.0 Å². The Balaban J connectivity index is 1.58. The maximum Gasteiger partial charge on any atom is 0.338 e. The molecule has 0 bridgehead atoms. The highest BCUT2D eigenvalue weighted by molar-refractivity contribution is 7.09. The molecule has 2 aromatic carbocycles. The monoisotopic (exact) mass is 414 g/mol. The Labute approximate surface area is 171 Å². The molecular formula is C21H19FN2O4S. The van der Waals surface area contributed by atoms with Crippen LogP contribution < -0.4 is 10.1 Å². The third-order valence-electron chi connectivity index (χ3n) is 4.13. The van der Waals surface area contributed by atoms with Crippen LogP contribution >= 0.6 is 11.3 Å². The number of ether oxygens (including phenoxy) is 2. The largest absolute Gasteiger partial charge is 0.486 e. The molecule has 0 aliphatic carbocycles. The SMILES string of the molecule is COC(=O)c1cccc(NC(=O)Cc2csc(COc3ccc(F)cc3)n2)c1C. The van der Waals surface area contributed by atoms with E-state index in [0.29, 0.717) is 33.3 Å². The molecule has 0 radical (unpaired) electrons. The summed E-state index contributed by atoms with van der Waals surface area (Å²) >= 11 is 1.38. The minimum atomic E-state index is -0.455. The number of hydrogen-bond donors (Lipinski definition) is 1. The van der Waals surface area contributed by atoms with Crippen LogP contribution in [0.15, 0.2) is 47.8 Å². The summed E-state index contributed by atoms with van der Waals surface area (Å²) in [4.78, 5) is 28.5. The summed E-state index contributed by atoms with van der Waals surface area (Å²) in [5.74, 6) is -0.482. The van der Waals surface area contributed by atoms with Crippen LogP contribution in [0.25, 0.3) is 0 Å². The highest BCUT2D eigenvalue weighted by Gasteiger charge is 2.14. The number of methoxy groups -OCH3 is 1. The third-order valence-corrected chi connectivity index (χ3v) is 5.00. The molecule has 0 spiro atoms. The van der Waals surface area contributed by atoms with Crippen LogP contribution in [0, 0.1) is 12.7 Å². The number of benzene rings is 2. The van der Waals surface area contributed by atoms with Gasteiger partial charge in [-0.2, -0.15) is 0 Å². The van der Waals surface area contributed by atoms with E-state index in [1.54, 1.807) is 42.6 Å². The Bertz CT molecular complexity index is 1020. The van der Waals surface area contributed by atoms with Crippen LogP contribution in [-0.4, -0.2) is 24.0 Å². The quantitative estimate of drug-likeness (QED) is 0.588. The normalized spacial score (nSPS) is 10.4. The van der Waals surface area contributed by atoms with Crippen LogP contribution in [0.1, 0.15) is 26.6 Å². The highest BCUT2D eigenvalue weighted by atomic mass is 32.1. The van der Waals surface area contributed by atoms with Gasteiger partial charge in [-0.3, -0.25) is 4.79 Å². The molecule has 0 fully saturated rings. The minimum Gasteiger partial charge on any atom is -0.486 e. The smallest absolute Gasteiger partial charge is 0.338 e. The number of carbonyl (C=O) groups is 2. The fourth-order valence-electron chi connectivity index (χ4n) is 2.63. The predicted octanol–water partition coefficient (Wildman–Crippen LogP) is 4.14. The standard InChI is InChI=1S/C21H19FN2O4S/c1-13-17(21(26)27-2)4-3-5-18(13)24-19(25)10-15-12-29-20(23-15)11-28-16-8-6-14(22)7-9-16/h3-9,12H,10-11H2,1-2H3,(H,24,25). The zero-order valence-corrected chi connectivity index (χ0v) is 16.7. The number of aromatic nitrogens is 1. The molecule has 1 amide bonds. The Kier molecular flexibility index (Phi) is 6.56. The van der Waals surface area contributed by atoms with Crippen LogP contribution in [0.3, 0.4) is 0 Å². The van der Waals surface area contributed by atoms with Gasteiger partial charge in [-0.1, -0.05) is 6.07 Å². The Morgan fingerprint density at radius 1 is 1.17 bits per heavy atom. The van der Waals surface area contributed by atoms with Crippen molar-refractivity contribution in [1.82, 2.24) is 4.98 Å². The summed E-state index contributed by atoms with van der Waals surface area (Å²) in [6, 6.07) is 10.8. The first-order chi connectivity index (χ1) is 14.0. The minimum absolute atomic E-state index is 0.0922. The van der Waals surface area contributed by atoms with Gasteiger partial charge in [-0.05, 0) is 48.9 Å². The van der Waals surface area contributed by atoms with Gasteiger partial charge in [0.2, 0.25) is 5.91 Å². The van der Waals surface area contributed by atoms with Gasteiger partial charge in [0.25, 0.3) is 0 Å². The fourth-order valence-corrected chi connectivity index (χ4v) is 3.34. The van der Waals surface area contributed by atoms with Crippen molar-refractivity contribution >= 4 is 28.9 Å². The topological polar surface area (TPSA) is 77.5 Å². The summed E-state index contributed by atoms with van der Waals surface area (Å²) in [5, 5.41) is 5.30. The van der Waals surface area contributed by atoms with Crippen molar-refractivity contribution in [3.63, 3.8) is 0 Å². The van der Waals surface area contributed by atoms with E-state index in [9.17, 15) is 14.0 Å². The van der Waals surface area contributed by atoms with Crippen molar-refractivity contribution in [3.05, 3.63) is 75.5 Å². The molecule has 0 saturated heterocycles. The molecule has 3 aromatic rings. The van der Waals surface area contributed by atoms with Gasteiger partial charge in [0.1, 0.15) is 23.2 Å². The van der Waals surface area contributed by atoms with Crippen molar-refractivity contribution in [2.24, 2.45) is 0 Å². The van der Waals surface area contributed by atoms with Crippen molar-refractivity contribution < 1.29 is 23.5 Å².